The van der Waals surface area contributed by atoms with E-state index in [4.69, 9.17) is 4.74 Å². The standard InChI is InChI=1S/C22H25FN2O2S/c1-14-8-10-15(11-9-14)18(25(2)3)12-24-22(26)21-16(13-27-4)20-17(23)6-5-7-19(20)28-21/h5-11,18H,12-13H2,1-4H3,(H,24,26). The van der Waals surface area contributed by atoms with Crippen molar-refractivity contribution >= 4 is 27.3 Å². The van der Waals surface area contributed by atoms with E-state index in [-0.39, 0.29) is 24.4 Å². The number of hydrogen-bond acceptors (Lipinski definition) is 4. The normalized spacial score (nSPS) is 12.5. The van der Waals surface area contributed by atoms with Crippen molar-refractivity contribution in [2.45, 2.75) is 19.6 Å². The molecule has 148 valence electrons. The zero-order chi connectivity index (χ0) is 20.3. The van der Waals surface area contributed by atoms with E-state index in [0.29, 0.717) is 22.4 Å². The van der Waals surface area contributed by atoms with Gasteiger partial charge in [-0.05, 0) is 38.7 Å². The lowest BCUT2D eigenvalue weighted by molar-refractivity contribution is 0.0942. The van der Waals surface area contributed by atoms with Gasteiger partial charge in [-0.25, -0.2) is 4.39 Å². The minimum absolute atomic E-state index is 0.0431. The van der Waals surface area contributed by atoms with Crippen LogP contribution in [-0.2, 0) is 11.3 Å². The molecule has 1 atom stereocenters. The first-order valence-corrected chi connectivity index (χ1v) is 9.94. The Bertz CT molecular complexity index is 967. The molecule has 0 bridgehead atoms. The van der Waals surface area contributed by atoms with Gasteiger partial charge in [0, 0.05) is 29.3 Å². The predicted molar refractivity (Wildman–Crippen MR) is 112 cm³/mol. The molecule has 0 radical (unpaired) electrons. The number of ether oxygens (including phenoxy) is 1. The highest BCUT2D eigenvalue weighted by atomic mass is 32.1. The third-order valence-corrected chi connectivity index (χ3v) is 6.00. The molecule has 4 nitrogen and oxygen atoms in total. The van der Waals surface area contributed by atoms with Crippen molar-refractivity contribution in [2.24, 2.45) is 0 Å². The van der Waals surface area contributed by atoms with Gasteiger partial charge in [0.25, 0.3) is 5.91 Å². The van der Waals surface area contributed by atoms with Crippen molar-refractivity contribution in [3.05, 3.63) is 69.8 Å². The lowest BCUT2D eigenvalue weighted by Gasteiger charge is -2.25. The van der Waals surface area contributed by atoms with Gasteiger partial charge in [0.05, 0.1) is 17.5 Å². The molecule has 0 saturated heterocycles. The van der Waals surface area contributed by atoms with Gasteiger partial charge >= 0.3 is 0 Å². The Balaban J connectivity index is 1.85. The molecular formula is C22H25FN2O2S. The molecule has 1 aromatic heterocycles. The van der Waals surface area contributed by atoms with Crippen LogP contribution in [0.15, 0.2) is 42.5 Å². The van der Waals surface area contributed by atoms with Crippen LogP contribution in [0.3, 0.4) is 0 Å². The van der Waals surface area contributed by atoms with E-state index in [1.807, 2.05) is 27.1 Å². The second-order valence-electron chi connectivity index (χ2n) is 7.06. The van der Waals surface area contributed by atoms with E-state index >= 15 is 0 Å². The van der Waals surface area contributed by atoms with Crippen molar-refractivity contribution in [3.63, 3.8) is 0 Å². The van der Waals surface area contributed by atoms with Gasteiger partial charge in [0.1, 0.15) is 5.82 Å². The van der Waals surface area contributed by atoms with Gasteiger partial charge in [-0.2, -0.15) is 0 Å². The van der Waals surface area contributed by atoms with Crippen molar-refractivity contribution in [3.8, 4) is 0 Å². The summed E-state index contributed by atoms with van der Waals surface area (Å²) in [6.45, 7) is 2.70. The van der Waals surface area contributed by atoms with E-state index in [1.165, 1.54) is 23.0 Å². The van der Waals surface area contributed by atoms with Crippen molar-refractivity contribution < 1.29 is 13.9 Å². The van der Waals surface area contributed by atoms with Gasteiger partial charge in [-0.1, -0.05) is 35.9 Å². The Labute approximate surface area is 168 Å². The van der Waals surface area contributed by atoms with Crippen LogP contribution in [0.2, 0.25) is 0 Å². The fraction of sp³-hybridized carbons (Fsp3) is 0.318. The summed E-state index contributed by atoms with van der Waals surface area (Å²) < 4.78 is 20.3. The number of nitrogens with one attached hydrogen (secondary N) is 1. The van der Waals surface area contributed by atoms with Gasteiger partial charge < -0.3 is 15.0 Å². The number of halogens is 1. The second kappa shape index (κ2) is 8.82. The molecule has 1 unspecified atom stereocenters. The number of benzene rings is 2. The summed E-state index contributed by atoms with van der Waals surface area (Å²) in [5.74, 6) is -0.530. The first-order chi connectivity index (χ1) is 13.4. The zero-order valence-corrected chi connectivity index (χ0v) is 17.4. The van der Waals surface area contributed by atoms with Gasteiger partial charge in [0.15, 0.2) is 0 Å². The van der Waals surface area contributed by atoms with E-state index in [0.717, 1.165) is 10.3 Å². The third kappa shape index (κ3) is 4.24. The molecule has 0 fully saturated rings. The number of nitrogens with zero attached hydrogens (tertiary/aromatic N) is 1. The average Bonchev–Trinajstić information content (AvgIpc) is 3.03. The van der Waals surface area contributed by atoms with E-state index in [2.05, 4.69) is 34.5 Å². The van der Waals surface area contributed by atoms with Crippen LogP contribution in [0.5, 0.6) is 0 Å². The predicted octanol–water partition coefficient (Wildman–Crippen LogP) is 4.53. The third-order valence-electron chi connectivity index (χ3n) is 4.80. The highest BCUT2D eigenvalue weighted by Crippen LogP contribution is 2.34. The first-order valence-electron chi connectivity index (χ1n) is 9.12. The number of carbonyl (C=O) groups excluding carboxylic acids is 1. The van der Waals surface area contributed by atoms with Crippen LogP contribution >= 0.6 is 11.3 Å². The Kier molecular flexibility index (Phi) is 6.44. The fourth-order valence-electron chi connectivity index (χ4n) is 3.29. The number of amides is 1. The summed E-state index contributed by atoms with van der Waals surface area (Å²) in [6.07, 6.45) is 0. The van der Waals surface area contributed by atoms with Crippen LogP contribution in [-0.4, -0.2) is 38.6 Å². The fourth-order valence-corrected chi connectivity index (χ4v) is 4.43. The van der Waals surface area contributed by atoms with Crippen molar-refractivity contribution in [1.82, 2.24) is 10.2 Å². The molecular weight excluding hydrogens is 375 g/mol. The van der Waals surface area contributed by atoms with E-state index in [1.54, 1.807) is 13.2 Å². The summed E-state index contributed by atoms with van der Waals surface area (Å²) in [6, 6.07) is 13.2. The second-order valence-corrected chi connectivity index (χ2v) is 8.11. The Morgan fingerprint density at radius 2 is 1.93 bits per heavy atom. The lowest BCUT2D eigenvalue weighted by Crippen LogP contribution is -2.34. The minimum atomic E-state index is -0.328. The highest BCUT2D eigenvalue weighted by molar-refractivity contribution is 7.21. The summed E-state index contributed by atoms with van der Waals surface area (Å²) in [7, 11) is 5.52. The average molecular weight is 401 g/mol. The van der Waals surface area contributed by atoms with Crippen molar-refractivity contribution in [2.75, 3.05) is 27.7 Å². The number of thiophene rings is 1. The molecule has 28 heavy (non-hydrogen) atoms. The largest absolute Gasteiger partial charge is 0.380 e. The molecule has 1 amide bonds. The van der Waals surface area contributed by atoms with E-state index < -0.39 is 0 Å². The van der Waals surface area contributed by atoms with Crippen LogP contribution in [0.4, 0.5) is 4.39 Å². The molecule has 0 spiro atoms. The van der Waals surface area contributed by atoms with Crippen molar-refractivity contribution in [1.29, 1.82) is 0 Å². The number of fused-ring (bicyclic) bond motifs is 1. The number of carbonyl (C=O) groups is 1. The summed E-state index contributed by atoms with van der Waals surface area (Å²) in [5.41, 5.74) is 2.94. The van der Waals surface area contributed by atoms with E-state index in [9.17, 15) is 9.18 Å². The van der Waals surface area contributed by atoms with Crippen LogP contribution in [0.25, 0.3) is 10.1 Å². The quantitative estimate of drug-likeness (QED) is 0.634. The topological polar surface area (TPSA) is 41.6 Å². The Morgan fingerprint density at radius 1 is 1.21 bits per heavy atom. The number of methoxy groups -OCH3 is 1. The highest BCUT2D eigenvalue weighted by Gasteiger charge is 2.22. The molecule has 1 heterocycles. The van der Waals surface area contributed by atoms with Crippen LogP contribution < -0.4 is 5.32 Å². The smallest absolute Gasteiger partial charge is 0.261 e. The summed E-state index contributed by atoms with van der Waals surface area (Å²) in [5, 5.41) is 3.50. The maximum atomic E-state index is 14.3. The molecule has 1 N–H and O–H groups in total. The summed E-state index contributed by atoms with van der Waals surface area (Å²) in [4.78, 5) is 15.5. The molecule has 2 aromatic carbocycles. The first kappa shape index (κ1) is 20.5. The lowest BCUT2D eigenvalue weighted by atomic mass is 10.0. The zero-order valence-electron chi connectivity index (χ0n) is 16.6. The molecule has 3 aromatic rings. The Morgan fingerprint density at radius 3 is 2.57 bits per heavy atom. The monoisotopic (exact) mass is 400 g/mol. The maximum Gasteiger partial charge on any atom is 0.261 e. The molecule has 0 aliphatic rings. The van der Waals surface area contributed by atoms with Gasteiger partial charge in [-0.3, -0.25) is 4.79 Å². The molecule has 3 rings (SSSR count). The molecule has 0 saturated carbocycles. The maximum absolute atomic E-state index is 14.3. The van der Waals surface area contributed by atoms with Gasteiger partial charge in [0.2, 0.25) is 0 Å². The number of likely N-dealkylation sites (N-methyl/N-ethyl adjacent to an activating group) is 1. The number of hydrogen-bond donors (Lipinski definition) is 1. The number of aryl methyl sites for hydroxylation is 1. The minimum Gasteiger partial charge on any atom is -0.380 e. The van der Waals surface area contributed by atoms with Gasteiger partial charge in [-0.15, -0.1) is 11.3 Å². The molecule has 0 aliphatic carbocycles. The van der Waals surface area contributed by atoms with Crippen LogP contribution in [0.1, 0.15) is 32.4 Å². The number of rotatable bonds is 7. The summed E-state index contributed by atoms with van der Waals surface area (Å²) >= 11 is 1.30. The SMILES string of the molecule is COCc1c(C(=O)NCC(c2ccc(C)cc2)N(C)C)sc2cccc(F)c12. The molecule has 0 aliphatic heterocycles. The van der Waals surface area contributed by atoms with Crippen LogP contribution in [0, 0.1) is 12.7 Å². The Hall–Kier alpha value is -2.28. The molecule has 6 heteroatoms.